The Morgan fingerprint density at radius 2 is 1.84 bits per heavy atom. The van der Waals surface area contributed by atoms with Gasteiger partial charge in [-0.3, -0.25) is 14.4 Å². The fourth-order valence-corrected chi connectivity index (χ4v) is 2.70. The second kappa shape index (κ2) is 6.14. The lowest BCUT2D eigenvalue weighted by Crippen LogP contribution is -3.14. The van der Waals surface area contributed by atoms with Crippen molar-refractivity contribution in [3.8, 4) is 0 Å². The van der Waals surface area contributed by atoms with Gasteiger partial charge in [0, 0.05) is 25.7 Å². The van der Waals surface area contributed by atoms with Crippen LogP contribution in [-0.4, -0.2) is 49.0 Å². The van der Waals surface area contributed by atoms with E-state index in [0.717, 1.165) is 25.9 Å². The van der Waals surface area contributed by atoms with Gasteiger partial charge in [0.15, 0.2) is 6.67 Å². The molecule has 0 aromatic rings. The molecule has 0 aromatic heterocycles. The summed E-state index contributed by atoms with van der Waals surface area (Å²) < 4.78 is 5.02. The van der Waals surface area contributed by atoms with E-state index in [0.29, 0.717) is 26.1 Å². The van der Waals surface area contributed by atoms with Crippen molar-refractivity contribution in [3.05, 3.63) is 0 Å². The minimum absolute atomic E-state index is 0.0197. The first-order valence-electron chi connectivity index (χ1n) is 6.95. The number of rotatable bonds is 4. The zero-order chi connectivity index (χ0) is 13.8. The average Bonchev–Trinajstić information content (AvgIpc) is 2.72. The summed E-state index contributed by atoms with van der Waals surface area (Å²) in [5.41, 5.74) is 0. The molecule has 0 aliphatic carbocycles. The molecule has 1 N–H and O–H groups in total. The third kappa shape index (κ3) is 3.32. The highest BCUT2D eigenvalue weighted by Gasteiger charge is 2.34. The van der Waals surface area contributed by atoms with Gasteiger partial charge in [-0.1, -0.05) is 0 Å². The Hall–Kier alpha value is -1.43. The maximum absolute atomic E-state index is 11.6. The fourth-order valence-electron chi connectivity index (χ4n) is 2.70. The summed E-state index contributed by atoms with van der Waals surface area (Å²) >= 11 is 0. The third-order valence-corrected chi connectivity index (χ3v) is 3.85. The summed E-state index contributed by atoms with van der Waals surface area (Å²) in [5, 5.41) is 0. The predicted octanol–water partition coefficient (Wildman–Crippen LogP) is -1.05. The topological polar surface area (TPSA) is 68.1 Å². The van der Waals surface area contributed by atoms with Crippen molar-refractivity contribution < 1.29 is 24.0 Å². The Labute approximate surface area is 112 Å². The number of likely N-dealkylation sites (tertiary alicyclic amines) is 2. The predicted molar refractivity (Wildman–Crippen MR) is 66.0 cm³/mol. The molecule has 0 aromatic carbocycles. The van der Waals surface area contributed by atoms with E-state index in [1.54, 1.807) is 0 Å². The SMILES string of the molecule is CCOC(=O)C1CC[NH+](CN2C(=O)CCC2=O)CC1. The number of carbonyl (C=O) groups excluding carboxylic acids is 3. The van der Waals surface area contributed by atoms with E-state index in [4.69, 9.17) is 4.74 Å². The summed E-state index contributed by atoms with van der Waals surface area (Å²) in [7, 11) is 0. The largest absolute Gasteiger partial charge is 0.466 e. The van der Waals surface area contributed by atoms with Crippen molar-refractivity contribution in [2.45, 2.75) is 32.6 Å². The number of imide groups is 1. The van der Waals surface area contributed by atoms with Gasteiger partial charge in [0.1, 0.15) is 0 Å². The molecule has 0 bridgehead atoms. The van der Waals surface area contributed by atoms with Gasteiger partial charge in [0.2, 0.25) is 11.8 Å². The van der Waals surface area contributed by atoms with E-state index in [9.17, 15) is 14.4 Å². The van der Waals surface area contributed by atoms with Crippen LogP contribution in [0.4, 0.5) is 0 Å². The number of esters is 1. The zero-order valence-corrected chi connectivity index (χ0v) is 11.3. The van der Waals surface area contributed by atoms with Gasteiger partial charge in [-0.25, -0.2) is 4.90 Å². The Bertz CT molecular complexity index is 359. The number of piperidine rings is 1. The number of hydrogen-bond donors (Lipinski definition) is 1. The summed E-state index contributed by atoms with van der Waals surface area (Å²) in [6.07, 6.45) is 2.23. The lowest BCUT2D eigenvalue weighted by atomic mass is 9.97. The monoisotopic (exact) mass is 269 g/mol. The smallest absolute Gasteiger partial charge is 0.309 e. The van der Waals surface area contributed by atoms with Crippen molar-refractivity contribution in [2.75, 3.05) is 26.4 Å². The Morgan fingerprint density at radius 1 is 1.26 bits per heavy atom. The summed E-state index contributed by atoms with van der Waals surface area (Å²) in [6, 6.07) is 0. The molecule has 0 radical (unpaired) electrons. The molecule has 0 unspecified atom stereocenters. The molecule has 2 amide bonds. The quantitative estimate of drug-likeness (QED) is 0.522. The van der Waals surface area contributed by atoms with E-state index in [1.807, 2.05) is 6.92 Å². The molecule has 2 aliphatic rings. The molecular weight excluding hydrogens is 248 g/mol. The summed E-state index contributed by atoms with van der Waals surface area (Å²) in [6.45, 7) is 4.29. The van der Waals surface area contributed by atoms with E-state index >= 15 is 0 Å². The number of amides is 2. The first kappa shape index (κ1) is 14.0. The van der Waals surface area contributed by atoms with Gasteiger partial charge in [-0.05, 0) is 6.92 Å². The maximum Gasteiger partial charge on any atom is 0.309 e. The van der Waals surface area contributed by atoms with Crippen LogP contribution in [0.5, 0.6) is 0 Å². The molecule has 2 heterocycles. The highest BCUT2D eigenvalue weighted by Crippen LogP contribution is 2.13. The minimum Gasteiger partial charge on any atom is -0.466 e. The normalized spacial score (nSPS) is 27.7. The molecule has 106 valence electrons. The van der Waals surface area contributed by atoms with Crippen molar-refractivity contribution >= 4 is 17.8 Å². The van der Waals surface area contributed by atoms with Crippen LogP contribution in [0.3, 0.4) is 0 Å². The molecule has 2 rings (SSSR count). The maximum atomic E-state index is 11.6. The molecular formula is C13H21N2O4+. The third-order valence-electron chi connectivity index (χ3n) is 3.85. The first-order chi connectivity index (χ1) is 9.11. The summed E-state index contributed by atoms with van der Waals surface area (Å²) in [5.74, 6) is -0.265. The van der Waals surface area contributed by atoms with Gasteiger partial charge in [0.05, 0.1) is 25.6 Å². The van der Waals surface area contributed by atoms with Crippen LogP contribution in [0.25, 0.3) is 0 Å². The molecule has 2 saturated heterocycles. The van der Waals surface area contributed by atoms with Gasteiger partial charge in [-0.2, -0.15) is 0 Å². The number of nitrogens with zero attached hydrogens (tertiary/aromatic N) is 1. The second-order valence-corrected chi connectivity index (χ2v) is 5.15. The van der Waals surface area contributed by atoms with E-state index in [-0.39, 0.29) is 23.7 Å². The highest BCUT2D eigenvalue weighted by molar-refractivity contribution is 6.01. The standard InChI is InChI=1S/C13H20N2O4/c1-2-19-13(18)10-5-7-14(8-6-10)9-15-11(16)3-4-12(15)17/h10H,2-9H2,1H3/p+1. The van der Waals surface area contributed by atoms with Crippen LogP contribution < -0.4 is 4.90 Å². The molecule has 19 heavy (non-hydrogen) atoms. The van der Waals surface area contributed by atoms with E-state index in [1.165, 1.54) is 9.80 Å². The molecule has 0 atom stereocenters. The van der Waals surface area contributed by atoms with Crippen molar-refractivity contribution in [2.24, 2.45) is 5.92 Å². The van der Waals surface area contributed by atoms with Crippen LogP contribution in [0.15, 0.2) is 0 Å². The van der Waals surface area contributed by atoms with Crippen molar-refractivity contribution in [3.63, 3.8) is 0 Å². The van der Waals surface area contributed by atoms with Gasteiger partial charge in [0.25, 0.3) is 0 Å². The minimum atomic E-state index is -0.116. The second-order valence-electron chi connectivity index (χ2n) is 5.15. The van der Waals surface area contributed by atoms with E-state index in [2.05, 4.69) is 0 Å². The molecule has 2 aliphatic heterocycles. The van der Waals surface area contributed by atoms with Gasteiger partial charge >= 0.3 is 5.97 Å². The lowest BCUT2D eigenvalue weighted by Gasteiger charge is -2.30. The molecule has 0 saturated carbocycles. The first-order valence-corrected chi connectivity index (χ1v) is 6.95. The molecule has 6 nitrogen and oxygen atoms in total. The Morgan fingerprint density at radius 3 is 2.37 bits per heavy atom. The fraction of sp³-hybridized carbons (Fsp3) is 0.769. The average molecular weight is 269 g/mol. The van der Waals surface area contributed by atoms with Crippen molar-refractivity contribution in [1.29, 1.82) is 0 Å². The number of nitrogens with one attached hydrogen (secondary N) is 1. The molecule has 2 fully saturated rings. The van der Waals surface area contributed by atoms with Gasteiger partial charge < -0.3 is 9.64 Å². The Kier molecular flexibility index (Phi) is 4.52. The van der Waals surface area contributed by atoms with Crippen LogP contribution >= 0.6 is 0 Å². The van der Waals surface area contributed by atoms with Crippen LogP contribution in [0, 0.1) is 5.92 Å². The van der Waals surface area contributed by atoms with Crippen molar-refractivity contribution in [1.82, 2.24) is 4.90 Å². The van der Waals surface area contributed by atoms with Crippen LogP contribution in [0.1, 0.15) is 32.6 Å². The summed E-state index contributed by atoms with van der Waals surface area (Å²) in [4.78, 5) is 37.2. The molecule has 6 heteroatoms. The zero-order valence-electron chi connectivity index (χ0n) is 11.3. The van der Waals surface area contributed by atoms with Crippen LogP contribution in [-0.2, 0) is 19.1 Å². The van der Waals surface area contributed by atoms with Gasteiger partial charge in [-0.15, -0.1) is 0 Å². The molecule has 0 spiro atoms. The highest BCUT2D eigenvalue weighted by atomic mass is 16.5. The Balaban J connectivity index is 1.79. The lowest BCUT2D eigenvalue weighted by molar-refractivity contribution is -0.913. The van der Waals surface area contributed by atoms with Crippen LogP contribution in [0.2, 0.25) is 0 Å². The number of ether oxygens (including phenoxy) is 1. The number of hydrogen-bond acceptors (Lipinski definition) is 4. The number of quaternary nitrogens is 1. The van der Waals surface area contributed by atoms with E-state index < -0.39 is 0 Å². The number of carbonyl (C=O) groups is 3.